The van der Waals surface area contributed by atoms with Gasteiger partial charge < -0.3 is 9.30 Å². The van der Waals surface area contributed by atoms with Crippen LogP contribution in [0.15, 0.2) is 28.5 Å². The highest BCUT2D eigenvalue weighted by molar-refractivity contribution is 7.17. The minimum absolute atomic E-state index is 0.130. The number of rotatable bonds is 2. The van der Waals surface area contributed by atoms with E-state index in [0.29, 0.717) is 5.92 Å². The molecule has 2 aromatic rings. The summed E-state index contributed by atoms with van der Waals surface area (Å²) in [6, 6.07) is 3.93. The van der Waals surface area contributed by atoms with E-state index >= 15 is 0 Å². The molecule has 0 bridgehead atoms. The summed E-state index contributed by atoms with van der Waals surface area (Å²) in [5, 5.41) is 2.81. The molecule has 3 rings (SSSR count). The number of hydrogen-bond acceptors (Lipinski definition) is 3. The SMILES string of the molecule is O=c1c2ccsc2ccn1CC1CCOC1. The molecule has 1 atom stereocenters. The first-order chi connectivity index (χ1) is 7.84. The number of pyridine rings is 1. The summed E-state index contributed by atoms with van der Waals surface area (Å²) in [5.74, 6) is 0.494. The van der Waals surface area contributed by atoms with E-state index in [2.05, 4.69) is 0 Å². The molecular weight excluding hydrogens is 222 g/mol. The summed E-state index contributed by atoms with van der Waals surface area (Å²) in [6.07, 6.45) is 2.97. The van der Waals surface area contributed by atoms with Gasteiger partial charge in [0.15, 0.2) is 0 Å². The van der Waals surface area contributed by atoms with Gasteiger partial charge in [0, 0.05) is 30.0 Å². The Balaban J connectivity index is 1.96. The predicted molar refractivity (Wildman–Crippen MR) is 65.0 cm³/mol. The molecule has 0 aliphatic carbocycles. The molecule has 3 nitrogen and oxygen atoms in total. The first-order valence-corrected chi connectivity index (χ1v) is 6.37. The molecule has 4 heteroatoms. The molecular formula is C12H13NO2S. The zero-order valence-electron chi connectivity index (χ0n) is 8.89. The second-order valence-corrected chi connectivity index (χ2v) is 5.15. The van der Waals surface area contributed by atoms with Gasteiger partial charge in [-0.1, -0.05) is 0 Å². The van der Waals surface area contributed by atoms with Gasteiger partial charge in [0.25, 0.3) is 5.56 Å². The van der Waals surface area contributed by atoms with Gasteiger partial charge in [0.05, 0.1) is 12.0 Å². The normalized spacial score (nSPS) is 20.6. The first kappa shape index (κ1) is 10.1. The third-order valence-electron chi connectivity index (χ3n) is 3.07. The Hall–Kier alpha value is -1.13. The van der Waals surface area contributed by atoms with Crippen molar-refractivity contribution in [1.29, 1.82) is 0 Å². The maximum Gasteiger partial charge on any atom is 0.259 e. The van der Waals surface area contributed by atoms with Crippen LogP contribution in [0, 0.1) is 5.92 Å². The summed E-state index contributed by atoms with van der Waals surface area (Å²) >= 11 is 1.61. The van der Waals surface area contributed by atoms with Crippen molar-refractivity contribution in [3.8, 4) is 0 Å². The molecule has 0 N–H and O–H groups in total. The van der Waals surface area contributed by atoms with Crippen LogP contribution in [0.2, 0.25) is 0 Å². The third kappa shape index (κ3) is 1.68. The molecule has 3 heterocycles. The van der Waals surface area contributed by atoms with E-state index < -0.39 is 0 Å². The fraction of sp³-hybridized carbons (Fsp3) is 0.417. The highest BCUT2D eigenvalue weighted by atomic mass is 32.1. The molecule has 84 valence electrons. The molecule has 0 aromatic carbocycles. The van der Waals surface area contributed by atoms with Crippen LogP contribution in [0.1, 0.15) is 6.42 Å². The smallest absolute Gasteiger partial charge is 0.259 e. The highest BCUT2D eigenvalue weighted by Gasteiger charge is 2.16. The monoisotopic (exact) mass is 235 g/mol. The Bertz CT molecular complexity index is 551. The predicted octanol–water partition coefficient (Wildman–Crippen LogP) is 2.10. The number of ether oxygens (including phenoxy) is 1. The van der Waals surface area contributed by atoms with Gasteiger partial charge in [-0.25, -0.2) is 0 Å². The molecule has 1 saturated heterocycles. The zero-order valence-corrected chi connectivity index (χ0v) is 9.70. The van der Waals surface area contributed by atoms with Gasteiger partial charge in [0.2, 0.25) is 0 Å². The van der Waals surface area contributed by atoms with Gasteiger partial charge >= 0.3 is 0 Å². The lowest BCUT2D eigenvalue weighted by Crippen LogP contribution is -2.23. The lowest BCUT2D eigenvalue weighted by molar-refractivity contribution is 0.182. The Labute approximate surface area is 97.3 Å². The van der Waals surface area contributed by atoms with Crippen molar-refractivity contribution >= 4 is 21.4 Å². The molecule has 16 heavy (non-hydrogen) atoms. The van der Waals surface area contributed by atoms with E-state index in [0.717, 1.165) is 36.3 Å². The average Bonchev–Trinajstić information content (AvgIpc) is 2.93. The lowest BCUT2D eigenvalue weighted by Gasteiger charge is -2.10. The highest BCUT2D eigenvalue weighted by Crippen LogP contribution is 2.18. The molecule has 1 fully saturated rings. The van der Waals surface area contributed by atoms with Gasteiger partial charge in [-0.3, -0.25) is 4.79 Å². The van der Waals surface area contributed by atoms with Crippen molar-refractivity contribution < 1.29 is 4.74 Å². The van der Waals surface area contributed by atoms with Crippen molar-refractivity contribution in [2.75, 3.05) is 13.2 Å². The molecule has 0 radical (unpaired) electrons. The Kier molecular flexibility index (Phi) is 2.53. The maximum atomic E-state index is 12.1. The standard InChI is InChI=1S/C12H13NO2S/c14-12-10-3-6-16-11(10)1-4-13(12)7-9-2-5-15-8-9/h1,3-4,6,9H,2,5,7-8H2. The van der Waals surface area contributed by atoms with Crippen LogP contribution >= 0.6 is 11.3 Å². The van der Waals surface area contributed by atoms with E-state index in [-0.39, 0.29) is 5.56 Å². The summed E-state index contributed by atoms with van der Waals surface area (Å²) in [7, 11) is 0. The Morgan fingerprint density at radius 3 is 3.25 bits per heavy atom. The molecule has 0 amide bonds. The largest absolute Gasteiger partial charge is 0.381 e. The minimum Gasteiger partial charge on any atom is -0.381 e. The first-order valence-electron chi connectivity index (χ1n) is 5.49. The number of thiophene rings is 1. The molecule has 2 aromatic heterocycles. The fourth-order valence-corrected chi connectivity index (χ4v) is 2.93. The molecule has 1 aliphatic rings. The second kappa shape index (κ2) is 4.03. The number of hydrogen-bond donors (Lipinski definition) is 0. The van der Waals surface area contributed by atoms with Gasteiger partial charge in [-0.2, -0.15) is 0 Å². The van der Waals surface area contributed by atoms with Crippen molar-refractivity contribution in [3.63, 3.8) is 0 Å². The summed E-state index contributed by atoms with van der Waals surface area (Å²) in [6.45, 7) is 2.40. The second-order valence-electron chi connectivity index (χ2n) is 4.20. The summed E-state index contributed by atoms with van der Waals surface area (Å²) in [4.78, 5) is 12.1. The van der Waals surface area contributed by atoms with Crippen LogP contribution in [0.4, 0.5) is 0 Å². The number of nitrogens with zero attached hydrogens (tertiary/aromatic N) is 1. The molecule has 0 saturated carbocycles. The van der Waals surface area contributed by atoms with Gasteiger partial charge in [-0.15, -0.1) is 11.3 Å². The number of aromatic nitrogens is 1. The van der Waals surface area contributed by atoms with Crippen molar-refractivity contribution in [2.24, 2.45) is 5.92 Å². The maximum absolute atomic E-state index is 12.1. The van der Waals surface area contributed by atoms with Gasteiger partial charge in [0.1, 0.15) is 0 Å². The Morgan fingerprint density at radius 2 is 2.44 bits per heavy atom. The van der Waals surface area contributed by atoms with Crippen molar-refractivity contribution in [1.82, 2.24) is 4.57 Å². The summed E-state index contributed by atoms with van der Waals surface area (Å²) < 4.78 is 8.22. The molecule has 0 spiro atoms. The summed E-state index contributed by atoms with van der Waals surface area (Å²) in [5.41, 5.74) is 0.130. The number of fused-ring (bicyclic) bond motifs is 1. The van der Waals surface area contributed by atoms with E-state index in [1.807, 2.05) is 28.3 Å². The van der Waals surface area contributed by atoms with Crippen LogP contribution in [-0.2, 0) is 11.3 Å². The van der Waals surface area contributed by atoms with E-state index in [4.69, 9.17) is 4.74 Å². The van der Waals surface area contributed by atoms with E-state index in [9.17, 15) is 4.79 Å². The van der Waals surface area contributed by atoms with Crippen LogP contribution in [0.5, 0.6) is 0 Å². The zero-order chi connectivity index (χ0) is 11.0. The van der Waals surface area contributed by atoms with E-state index in [1.54, 1.807) is 11.3 Å². The quantitative estimate of drug-likeness (QED) is 0.798. The van der Waals surface area contributed by atoms with Crippen LogP contribution in [-0.4, -0.2) is 17.8 Å². The van der Waals surface area contributed by atoms with Crippen LogP contribution in [0.25, 0.3) is 10.1 Å². The molecule has 1 aliphatic heterocycles. The van der Waals surface area contributed by atoms with Crippen LogP contribution < -0.4 is 5.56 Å². The Morgan fingerprint density at radius 1 is 1.50 bits per heavy atom. The van der Waals surface area contributed by atoms with Crippen LogP contribution in [0.3, 0.4) is 0 Å². The average molecular weight is 235 g/mol. The van der Waals surface area contributed by atoms with Crippen molar-refractivity contribution in [2.45, 2.75) is 13.0 Å². The van der Waals surface area contributed by atoms with Crippen molar-refractivity contribution in [3.05, 3.63) is 34.1 Å². The minimum atomic E-state index is 0.130. The van der Waals surface area contributed by atoms with Gasteiger partial charge in [-0.05, 0) is 23.9 Å². The topological polar surface area (TPSA) is 31.2 Å². The van der Waals surface area contributed by atoms with E-state index in [1.165, 1.54) is 0 Å². The lowest BCUT2D eigenvalue weighted by atomic mass is 10.1. The molecule has 1 unspecified atom stereocenters. The fourth-order valence-electron chi connectivity index (χ4n) is 2.16. The third-order valence-corrected chi connectivity index (χ3v) is 3.95.